The highest BCUT2D eigenvalue weighted by atomic mass is 79.9. The van der Waals surface area contributed by atoms with Crippen molar-refractivity contribution in [2.45, 2.75) is 0 Å². The number of guanidine groups is 1. The van der Waals surface area contributed by atoms with Gasteiger partial charge < -0.3 is 11.1 Å². The molecular weight excluding hydrogens is 277 g/mol. The highest BCUT2D eigenvalue weighted by molar-refractivity contribution is 9.10. The van der Waals surface area contributed by atoms with Crippen LogP contribution in [0.5, 0.6) is 0 Å². The molecule has 0 saturated heterocycles. The second kappa shape index (κ2) is 5.32. The Morgan fingerprint density at radius 3 is 2.62 bits per heavy atom. The SMILES string of the molecule is Cl.N=C(N)Nc1ccc(Br)c(Cl)c1. The van der Waals surface area contributed by atoms with Gasteiger partial charge in [0.25, 0.3) is 0 Å². The van der Waals surface area contributed by atoms with Crippen LogP contribution < -0.4 is 11.1 Å². The Morgan fingerprint density at radius 2 is 2.15 bits per heavy atom. The molecule has 1 rings (SSSR count). The van der Waals surface area contributed by atoms with Gasteiger partial charge >= 0.3 is 0 Å². The minimum absolute atomic E-state index is 0. The second-order valence-corrected chi connectivity index (χ2v) is 3.43. The Morgan fingerprint density at radius 1 is 1.54 bits per heavy atom. The maximum Gasteiger partial charge on any atom is 0.190 e. The third-order valence-corrected chi connectivity index (χ3v) is 2.43. The Bertz CT molecular complexity index is 317. The summed E-state index contributed by atoms with van der Waals surface area (Å²) in [5.41, 5.74) is 5.83. The van der Waals surface area contributed by atoms with E-state index in [2.05, 4.69) is 21.2 Å². The van der Waals surface area contributed by atoms with Crippen LogP contribution in [-0.4, -0.2) is 5.96 Å². The van der Waals surface area contributed by atoms with E-state index < -0.39 is 0 Å². The third kappa shape index (κ3) is 3.85. The van der Waals surface area contributed by atoms with E-state index in [0.717, 1.165) is 4.47 Å². The quantitative estimate of drug-likeness (QED) is 0.549. The molecule has 0 aliphatic rings. The number of benzene rings is 1. The standard InChI is InChI=1S/C7H7BrClN3.ClH/c8-5-2-1-4(3-6(5)9)12-7(10)11;/h1-3H,(H4,10,11,12);1H. The number of anilines is 1. The van der Waals surface area contributed by atoms with Crippen molar-refractivity contribution in [2.24, 2.45) is 5.73 Å². The van der Waals surface area contributed by atoms with E-state index in [4.69, 9.17) is 22.7 Å². The van der Waals surface area contributed by atoms with Crippen molar-refractivity contribution < 1.29 is 0 Å². The average molecular weight is 285 g/mol. The van der Waals surface area contributed by atoms with E-state index in [-0.39, 0.29) is 18.4 Å². The zero-order valence-electron chi connectivity index (χ0n) is 6.47. The van der Waals surface area contributed by atoms with Crippen LogP contribution in [-0.2, 0) is 0 Å². The van der Waals surface area contributed by atoms with E-state index in [9.17, 15) is 0 Å². The number of hydrogen-bond acceptors (Lipinski definition) is 1. The highest BCUT2D eigenvalue weighted by Gasteiger charge is 1.98. The van der Waals surface area contributed by atoms with Crippen LogP contribution in [0.2, 0.25) is 5.02 Å². The van der Waals surface area contributed by atoms with E-state index in [0.29, 0.717) is 10.7 Å². The molecule has 0 amide bonds. The molecule has 1 aromatic rings. The van der Waals surface area contributed by atoms with Gasteiger partial charge in [0.15, 0.2) is 5.96 Å². The topological polar surface area (TPSA) is 61.9 Å². The van der Waals surface area contributed by atoms with Gasteiger partial charge in [-0.05, 0) is 34.1 Å². The molecule has 0 radical (unpaired) electrons. The summed E-state index contributed by atoms with van der Waals surface area (Å²) in [5, 5.41) is 10.2. The Hall–Kier alpha value is -0.450. The maximum absolute atomic E-state index is 6.97. The van der Waals surface area contributed by atoms with E-state index in [1.54, 1.807) is 18.2 Å². The fraction of sp³-hybridized carbons (Fsp3) is 0. The van der Waals surface area contributed by atoms with Gasteiger partial charge in [0.05, 0.1) is 5.02 Å². The molecule has 0 fully saturated rings. The minimum atomic E-state index is -0.103. The first-order chi connectivity index (χ1) is 5.59. The molecule has 72 valence electrons. The molecular formula is C7H8BrCl2N3. The molecule has 0 heterocycles. The normalized spacial score (nSPS) is 8.77. The van der Waals surface area contributed by atoms with Gasteiger partial charge in [0.2, 0.25) is 0 Å². The fourth-order valence-electron chi connectivity index (χ4n) is 0.729. The molecule has 0 aliphatic carbocycles. The Labute approximate surface area is 95.7 Å². The lowest BCUT2D eigenvalue weighted by Gasteiger charge is -2.04. The predicted molar refractivity (Wildman–Crippen MR) is 61.9 cm³/mol. The van der Waals surface area contributed by atoms with Gasteiger partial charge in [-0.2, -0.15) is 0 Å². The summed E-state index contributed by atoms with van der Waals surface area (Å²) in [7, 11) is 0. The number of halogens is 3. The number of hydrogen-bond donors (Lipinski definition) is 3. The van der Waals surface area contributed by atoms with Crippen molar-refractivity contribution in [2.75, 3.05) is 5.32 Å². The first kappa shape index (κ1) is 12.6. The van der Waals surface area contributed by atoms with Gasteiger partial charge in [0, 0.05) is 10.2 Å². The van der Waals surface area contributed by atoms with Gasteiger partial charge in [-0.15, -0.1) is 12.4 Å². The molecule has 0 aliphatic heterocycles. The van der Waals surface area contributed by atoms with Crippen LogP contribution in [0.1, 0.15) is 0 Å². The zero-order valence-corrected chi connectivity index (χ0v) is 9.63. The molecule has 0 saturated carbocycles. The van der Waals surface area contributed by atoms with Crippen LogP contribution in [0.4, 0.5) is 5.69 Å². The molecule has 0 atom stereocenters. The molecule has 13 heavy (non-hydrogen) atoms. The summed E-state index contributed by atoms with van der Waals surface area (Å²) < 4.78 is 0.818. The third-order valence-electron chi connectivity index (χ3n) is 1.20. The molecule has 6 heteroatoms. The van der Waals surface area contributed by atoms with Gasteiger partial charge in [0.1, 0.15) is 0 Å². The summed E-state index contributed by atoms with van der Waals surface area (Å²) >= 11 is 9.05. The molecule has 0 spiro atoms. The summed E-state index contributed by atoms with van der Waals surface area (Å²) in [6, 6.07) is 5.25. The van der Waals surface area contributed by atoms with Crippen molar-refractivity contribution in [3.05, 3.63) is 27.7 Å². The van der Waals surface area contributed by atoms with E-state index in [1.807, 2.05) is 0 Å². The summed E-state index contributed by atoms with van der Waals surface area (Å²) in [6.45, 7) is 0. The molecule has 1 aromatic carbocycles. The summed E-state index contributed by atoms with van der Waals surface area (Å²) in [5.74, 6) is -0.103. The summed E-state index contributed by atoms with van der Waals surface area (Å²) in [6.07, 6.45) is 0. The van der Waals surface area contributed by atoms with E-state index >= 15 is 0 Å². The number of rotatable bonds is 1. The smallest absolute Gasteiger partial charge is 0.190 e. The monoisotopic (exact) mass is 283 g/mol. The fourth-order valence-corrected chi connectivity index (χ4v) is 1.16. The van der Waals surface area contributed by atoms with Crippen LogP contribution in [0.25, 0.3) is 0 Å². The molecule has 4 N–H and O–H groups in total. The molecule has 0 aromatic heterocycles. The zero-order chi connectivity index (χ0) is 9.14. The van der Waals surface area contributed by atoms with Crippen molar-refractivity contribution in [1.82, 2.24) is 0 Å². The second-order valence-electron chi connectivity index (χ2n) is 2.17. The molecule has 0 unspecified atom stereocenters. The van der Waals surface area contributed by atoms with Crippen molar-refractivity contribution in [3.63, 3.8) is 0 Å². The highest BCUT2D eigenvalue weighted by Crippen LogP contribution is 2.25. The van der Waals surface area contributed by atoms with Crippen molar-refractivity contribution >= 4 is 51.6 Å². The van der Waals surface area contributed by atoms with Crippen LogP contribution in [0.3, 0.4) is 0 Å². The number of nitrogens with one attached hydrogen (secondary N) is 2. The Balaban J connectivity index is 0.00000144. The molecule has 0 bridgehead atoms. The lowest BCUT2D eigenvalue weighted by atomic mass is 10.3. The summed E-state index contributed by atoms with van der Waals surface area (Å²) in [4.78, 5) is 0. The lowest BCUT2D eigenvalue weighted by Crippen LogP contribution is -2.20. The van der Waals surface area contributed by atoms with Crippen LogP contribution >= 0.6 is 39.9 Å². The number of nitrogens with two attached hydrogens (primary N) is 1. The Kier molecular flexibility index (Phi) is 5.13. The van der Waals surface area contributed by atoms with Gasteiger partial charge in [-0.1, -0.05) is 11.6 Å². The van der Waals surface area contributed by atoms with Crippen molar-refractivity contribution in [3.8, 4) is 0 Å². The van der Waals surface area contributed by atoms with Crippen LogP contribution in [0, 0.1) is 5.41 Å². The van der Waals surface area contributed by atoms with Gasteiger partial charge in [-0.3, -0.25) is 5.41 Å². The van der Waals surface area contributed by atoms with Crippen LogP contribution in [0.15, 0.2) is 22.7 Å². The first-order valence-corrected chi connectivity index (χ1v) is 4.33. The van der Waals surface area contributed by atoms with E-state index in [1.165, 1.54) is 0 Å². The van der Waals surface area contributed by atoms with Crippen molar-refractivity contribution in [1.29, 1.82) is 5.41 Å². The maximum atomic E-state index is 6.97. The first-order valence-electron chi connectivity index (χ1n) is 3.15. The minimum Gasteiger partial charge on any atom is -0.370 e. The van der Waals surface area contributed by atoms with Gasteiger partial charge in [-0.25, -0.2) is 0 Å². The molecule has 3 nitrogen and oxygen atoms in total. The average Bonchev–Trinajstić information content (AvgIpc) is 1.96. The predicted octanol–water partition coefficient (Wildman–Crippen LogP) is 2.83. The lowest BCUT2D eigenvalue weighted by molar-refractivity contribution is 1.41. The largest absolute Gasteiger partial charge is 0.370 e.